The van der Waals surface area contributed by atoms with E-state index in [4.69, 9.17) is 14.2 Å². The molecule has 0 aliphatic rings. The SMILES string of the molecule is COc1cc(OC)cc(C(=O)Nc2ccc(-n3nc(OCC(C)C)nc3-c3ccccc3C)cc2)c1. The maximum atomic E-state index is 12.8. The van der Waals surface area contributed by atoms with E-state index in [0.29, 0.717) is 47.1 Å². The second-order valence-corrected chi connectivity index (χ2v) is 8.75. The van der Waals surface area contributed by atoms with Gasteiger partial charge in [-0.1, -0.05) is 38.1 Å². The molecule has 1 heterocycles. The molecular weight excluding hydrogens is 456 g/mol. The first-order chi connectivity index (χ1) is 17.4. The van der Waals surface area contributed by atoms with Crippen LogP contribution in [0, 0.1) is 12.8 Å². The molecule has 0 unspecified atom stereocenters. The first kappa shape index (κ1) is 24.8. The number of anilines is 1. The molecule has 0 fully saturated rings. The van der Waals surface area contributed by atoms with Crippen molar-refractivity contribution in [1.82, 2.24) is 14.8 Å². The number of rotatable bonds is 9. The highest BCUT2D eigenvalue weighted by atomic mass is 16.5. The monoisotopic (exact) mass is 486 g/mol. The lowest BCUT2D eigenvalue weighted by atomic mass is 10.1. The Bertz CT molecular complexity index is 1320. The molecule has 8 nitrogen and oxygen atoms in total. The normalized spacial score (nSPS) is 10.8. The Balaban J connectivity index is 1.61. The number of carbonyl (C=O) groups is 1. The van der Waals surface area contributed by atoms with Crippen molar-refractivity contribution in [2.75, 3.05) is 26.1 Å². The van der Waals surface area contributed by atoms with Gasteiger partial charge in [-0.2, -0.15) is 4.98 Å². The largest absolute Gasteiger partial charge is 0.497 e. The second-order valence-electron chi connectivity index (χ2n) is 8.75. The number of nitrogens with one attached hydrogen (secondary N) is 1. The topological polar surface area (TPSA) is 87.5 Å². The van der Waals surface area contributed by atoms with Crippen LogP contribution in [-0.4, -0.2) is 41.5 Å². The number of amides is 1. The van der Waals surface area contributed by atoms with E-state index in [9.17, 15) is 4.79 Å². The first-order valence-electron chi connectivity index (χ1n) is 11.7. The minimum absolute atomic E-state index is 0.273. The third-order valence-corrected chi connectivity index (χ3v) is 5.50. The van der Waals surface area contributed by atoms with Gasteiger partial charge in [0.15, 0.2) is 5.82 Å². The highest BCUT2D eigenvalue weighted by Gasteiger charge is 2.17. The van der Waals surface area contributed by atoms with Crippen LogP contribution in [0.4, 0.5) is 5.69 Å². The lowest BCUT2D eigenvalue weighted by Gasteiger charge is -2.11. The summed E-state index contributed by atoms with van der Waals surface area (Å²) in [5, 5.41) is 7.53. The molecule has 1 N–H and O–H groups in total. The molecule has 0 saturated heterocycles. The van der Waals surface area contributed by atoms with Gasteiger partial charge >= 0.3 is 6.01 Å². The van der Waals surface area contributed by atoms with Gasteiger partial charge in [0.25, 0.3) is 5.91 Å². The zero-order chi connectivity index (χ0) is 25.7. The van der Waals surface area contributed by atoms with E-state index in [0.717, 1.165) is 16.8 Å². The summed E-state index contributed by atoms with van der Waals surface area (Å²) in [6, 6.07) is 20.8. The molecule has 1 amide bonds. The molecule has 4 rings (SSSR count). The lowest BCUT2D eigenvalue weighted by Crippen LogP contribution is -2.12. The summed E-state index contributed by atoms with van der Waals surface area (Å²) in [6.07, 6.45) is 0. The molecule has 0 atom stereocenters. The summed E-state index contributed by atoms with van der Waals surface area (Å²) in [7, 11) is 3.09. The summed E-state index contributed by atoms with van der Waals surface area (Å²) in [4.78, 5) is 17.5. The fourth-order valence-electron chi connectivity index (χ4n) is 3.60. The number of carbonyl (C=O) groups excluding carboxylic acids is 1. The quantitative estimate of drug-likeness (QED) is 0.334. The van der Waals surface area contributed by atoms with Crippen molar-refractivity contribution < 1.29 is 19.0 Å². The van der Waals surface area contributed by atoms with Gasteiger partial charge in [0.05, 0.1) is 26.5 Å². The molecular formula is C28H30N4O4. The molecule has 8 heteroatoms. The van der Waals surface area contributed by atoms with E-state index >= 15 is 0 Å². The molecule has 0 saturated carbocycles. The molecule has 0 radical (unpaired) electrons. The molecule has 0 spiro atoms. The summed E-state index contributed by atoms with van der Waals surface area (Å²) in [6.45, 7) is 6.72. The van der Waals surface area contributed by atoms with Crippen LogP contribution in [-0.2, 0) is 0 Å². The zero-order valence-corrected chi connectivity index (χ0v) is 21.1. The van der Waals surface area contributed by atoms with Crippen LogP contribution in [0.2, 0.25) is 0 Å². The van der Waals surface area contributed by atoms with Gasteiger partial charge in [0.2, 0.25) is 0 Å². The van der Waals surface area contributed by atoms with Gasteiger partial charge in [-0.15, -0.1) is 5.10 Å². The molecule has 0 aliphatic heterocycles. The van der Waals surface area contributed by atoms with Gasteiger partial charge in [-0.05, 0) is 54.8 Å². The van der Waals surface area contributed by atoms with Gasteiger partial charge in [0, 0.05) is 22.9 Å². The van der Waals surface area contributed by atoms with Crippen LogP contribution >= 0.6 is 0 Å². The minimum atomic E-state index is -0.273. The third kappa shape index (κ3) is 5.66. The van der Waals surface area contributed by atoms with Crippen LogP contribution < -0.4 is 19.5 Å². The number of hydrogen-bond acceptors (Lipinski definition) is 6. The standard InChI is InChI=1S/C28H30N4O4/c1-18(2)17-36-28-30-26(25-9-7-6-8-19(25)3)32(31-28)22-12-10-21(11-13-22)29-27(33)20-14-23(34-4)16-24(15-20)35-5/h6-16,18H,17H2,1-5H3,(H,29,33). The van der Waals surface area contributed by atoms with Gasteiger partial charge in [-0.3, -0.25) is 4.79 Å². The van der Waals surface area contributed by atoms with Crippen molar-refractivity contribution in [3.63, 3.8) is 0 Å². The van der Waals surface area contributed by atoms with E-state index in [1.54, 1.807) is 37.1 Å². The third-order valence-electron chi connectivity index (χ3n) is 5.50. The number of aromatic nitrogens is 3. The van der Waals surface area contributed by atoms with E-state index < -0.39 is 0 Å². The average molecular weight is 487 g/mol. The molecule has 1 aromatic heterocycles. The molecule has 186 valence electrons. The summed E-state index contributed by atoms with van der Waals surface area (Å²) >= 11 is 0. The Hall–Kier alpha value is -4.33. The van der Waals surface area contributed by atoms with E-state index in [1.165, 1.54) is 0 Å². The Labute approximate surface area is 210 Å². The average Bonchev–Trinajstić information content (AvgIpc) is 3.31. The molecule has 3 aromatic carbocycles. The van der Waals surface area contributed by atoms with Crippen molar-refractivity contribution in [2.45, 2.75) is 20.8 Å². The van der Waals surface area contributed by atoms with Crippen LogP contribution in [0.25, 0.3) is 17.1 Å². The van der Waals surface area contributed by atoms with Crippen LogP contribution in [0.3, 0.4) is 0 Å². The van der Waals surface area contributed by atoms with E-state index in [1.807, 2.05) is 55.5 Å². The number of ether oxygens (including phenoxy) is 3. The smallest absolute Gasteiger partial charge is 0.336 e. The Morgan fingerprint density at radius 1 is 0.972 bits per heavy atom. The van der Waals surface area contributed by atoms with E-state index in [-0.39, 0.29) is 5.91 Å². The number of nitrogens with zero attached hydrogens (tertiary/aromatic N) is 3. The first-order valence-corrected chi connectivity index (χ1v) is 11.7. The van der Waals surface area contributed by atoms with Crippen molar-refractivity contribution in [3.05, 3.63) is 77.9 Å². The molecule has 36 heavy (non-hydrogen) atoms. The van der Waals surface area contributed by atoms with E-state index in [2.05, 4.69) is 29.2 Å². The Morgan fingerprint density at radius 2 is 1.64 bits per heavy atom. The van der Waals surface area contributed by atoms with Crippen molar-refractivity contribution >= 4 is 11.6 Å². The summed E-state index contributed by atoms with van der Waals surface area (Å²) in [5.74, 6) is 1.85. The van der Waals surface area contributed by atoms with Crippen molar-refractivity contribution in [1.29, 1.82) is 0 Å². The number of benzene rings is 3. The minimum Gasteiger partial charge on any atom is -0.497 e. The van der Waals surface area contributed by atoms with Gasteiger partial charge in [0.1, 0.15) is 11.5 Å². The number of methoxy groups -OCH3 is 2. The highest BCUT2D eigenvalue weighted by Crippen LogP contribution is 2.27. The molecule has 0 bridgehead atoms. The van der Waals surface area contributed by atoms with Crippen molar-refractivity contribution in [2.24, 2.45) is 5.92 Å². The van der Waals surface area contributed by atoms with Crippen LogP contribution in [0.1, 0.15) is 29.8 Å². The predicted octanol–water partition coefficient (Wildman–Crippen LogP) is 5.55. The fourth-order valence-corrected chi connectivity index (χ4v) is 3.60. The second kappa shape index (κ2) is 10.9. The summed E-state index contributed by atoms with van der Waals surface area (Å²) < 4.78 is 18.1. The zero-order valence-electron chi connectivity index (χ0n) is 21.1. The molecule has 4 aromatic rings. The predicted molar refractivity (Wildman–Crippen MR) is 139 cm³/mol. The van der Waals surface area contributed by atoms with Crippen LogP contribution in [0.15, 0.2) is 66.7 Å². The molecule has 0 aliphatic carbocycles. The maximum absolute atomic E-state index is 12.8. The number of hydrogen-bond donors (Lipinski definition) is 1. The van der Waals surface area contributed by atoms with Crippen LogP contribution in [0.5, 0.6) is 17.5 Å². The Morgan fingerprint density at radius 3 is 2.25 bits per heavy atom. The maximum Gasteiger partial charge on any atom is 0.336 e. The van der Waals surface area contributed by atoms with Gasteiger partial charge < -0.3 is 19.5 Å². The summed E-state index contributed by atoms with van der Waals surface area (Å²) in [5.41, 5.74) is 3.91. The number of aryl methyl sites for hydroxylation is 1. The highest BCUT2D eigenvalue weighted by molar-refractivity contribution is 6.04. The Kier molecular flexibility index (Phi) is 7.53. The lowest BCUT2D eigenvalue weighted by molar-refractivity contribution is 0.102. The van der Waals surface area contributed by atoms with Crippen molar-refractivity contribution in [3.8, 4) is 34.6 Å². The van der Waals surface area contributed by atoms with Gasteiger partial charge in [-0.25, -0.2) is 4.68 Å². The fraction of sp³-hybridized carbons (Fsp3) is 0.250.